The molecule has 1 aliphatic carbocycles. The van der Waals surface area contributed by atoms with Crippen LogP contribution in [0.2, 0.25) is 0 Å². The molecule has 1 amide bonds. The standard InChI is InChI=1S/C28H30N6O5/c35-16-21(36)26(37)33-28(13-7-8-14-28)34-17-30-22-23(31-24(27(38)39)32-25(22)34)29-15-20(18-9-3-1-4-10-18)19-11-5-2-6-12-19/h1-6,9-12,17,20-21,35-36H,7-8,13-16H2,(H,33,37)(H,38,39)(H,29,31,32)/t21-/m0/s1. The zero-order valence-electron chi connectivity index (χ0n) is 21.2. The van der Waals surface area contributed by atoms with Crippen LogP contribution in [0.25, 0.3) is 11.2 Å². The summed E-state index contributed by atoms with van der Waals surface area (Å²) in [6.45, 7) is -0.299. The number of carbonyl (C=O) groups excluding carboxylic acids is 1. The number of aromatic nitrogens is 4. The quantitative estimate of drug-likeness (QED) is 0.207. The molecule has 1 atom stereocenters. The van der Waals surface area contributed by atoms with E-state index in [9.17, 15) is 24.9 Å². The summed E-state index contributed by atoms with van der Waals surface area (Å²) in [6, 6.07) is 20.0. The number of rotatable bonds is 10. The van der Waals surface area contributed by atoms with Crippen LogP contribution in [-0.4, -0.2) is 66.0 Å². The number of hydrogen-bond donors (Lipinski definition) is 5. The second kappa shape index (κ2) is 11.2. The molecular formula is C28H30N6O5. The Morgan fingerprint density at radius 2 is 1.59 bits per heavy atom. The summed E-state index contributed by atoms with van der Waals surface area (Å²) in [7, 11) is 0. The molecule has 5 rings (SSSR count). The van der Waals surface area contributed by atoms with Gasteiger partial charge in [-0.2, -0.15) is 0 Å². The molecule has 0 bridgehead atoms. The van der Waals surface area contributed by atoms with Gasteiger partial charge in [0.1, 0.15) is 5.66 Å². The number of hydrogen-bond acceptors (Lipinski definition) is 8. The van der Waals surface area contributed by atoms with Gasteiger partial charge in [-0.3, -0.25) is 9.36 Å². The molecule has 5 N–H and O–H groups in total. The molecule has 0 aliphatic heterocycles. The summed E-state index contributed by atoms with van der Waals surface area (Å²) in [5.74, 6) is -2.20. The molecule has 1 aliphatic rings. The van der Waals surface area contributed by atoms with Crippen LogP contribution in [0.1, 0.15) is 53.3 Å². The van der Waals surface area contributed by atoms with Gasteiger partial charge in [0.05, 0.1) is 12.9 Å². The van der Waals surface area contributed by atoms with Gasteiger partial charge in [0.15, 0.2) is 23.1 Å². The summed E-state index contributed by atoms with van der Waals surface area (Å²) >= 11 is 0. The van der Waals surface area contributed by atoms with Gasteiger partial charge in [-0.1, -0.05) is 60.7 Å². The number of carbonyl (C=O) groups is 2. The molecule has 1 saturated carbocycles. The number of imidazole rings is 1. The molecule has 0 unspecified atom stereocenters. The number of aromatic carboxylic acids is 1. The minimum atomic E-state index is -1.58. The Morgan fingerprint density at radius 1 is 0.974 bits per heavy atom. The van der Waals surface area contributed by atoms with Crippen molar-refractivity contribution in [3.8, 4) is 0 Å². The van der Waals surface area contributed by atoms with Crippen molar-refractivity contribution in [2.45, 2.75) is 43.4 Å². The molecular weight excluding hydrogens is 500 g/mol. The van der Waals surface area contributed by atoms with Crippen molar-refractivity contribution in [2.24, 2.45) is 0 Å². The minimum absolute atomic E-state index is 0.0480. The summed E-state index contributed by atoms with van der Waals surface area (Å²) in [4.78, 5) is 37.6. The number of nitrogens with zero attached hydrogens (tertiary/aromatic N) is 4. The normalized spacial score (nSPS) is 15.4. The molecule has 39 heavy (non-hydrogen) atoms. The zero-order chi connectivity index (χ0) is 27.4. The van der Waals surface area contributed by atoms with E-state index < -0.39 is 36.1 Å². The second-order valence-corrected chi connectivity index (χ2v) is 9.67. The maximum absolute atomic E-state index is 12.6. The van der Waals surface area contributed by atoms with Crippen molar-refractivity contribution in [1.82, 2.24) is 24.8 Å². The van der Waals surface area contributed by atoms with Crippen LogP contribution < -0.4 is 10.6 Å². The van der Waals surface area contributed by atoms with Crippen molar-refractivity contribution in [2.75, 3.05) is 18.5 Å². The highest BCUT2D eigenvalue weighted by atomic mass is 16.4. The molecule has 0 radical (unpaired) electrons. The minimum Gasteiger partial charge on any atom is -0.475 e. The van der Waals surface area contributed by atoms with Gasteiger partial charge in [-0.25, -0.2) is 19.7 Å². The van der Waals surface area contributed by atoms with Crippen LogP contribution in [-0.2, 0) is 10.5 Å². The van der Waals surface area contributed by atoms with Crippen molar-refractivity contribution in [3.63, 3.8) is 0 Å². The Hall–Kier alpha value is -4.35. The van der Waals surface area contributed by atoms with Crippen LogP contribution in [0, 0.1) is 0 Å². The second-order valence-electron chi connectivity index (χ2n) is 9.67. The van der Waals surface area contributed by atoms with E-state index in [0.29, 0.717) is 24.9 Å². The number of carboxylic acid groups (broad SMARTS) is 1. The van der Waals surface area contributed by atoms with Crippen LogP contribution in [0.15, 0.2) is 67.0 Å². The van der Waals surface area contributed by atoms with Crippen LogP contribution in [0.5, 0.6) is 0 Å². The maximum atomic E-state index is 12.6. The predicted molar refractivity (Wildman–Crippen MR) is 143 cm³/mol. The Bertz CT molecular complexity index is 1410. The summed E-state index contributed by atoms with van der Waals surface area (Å²) in [6.07, 6.45) is 2.59. The number of aliphatic hydroxyl groups is 2. The molecule has 0 saturated heterocycles. The number of amides is 1. The summed E-state index contributed by atoms with van der Waals surface area (Å²) in [5, 5.41) is 35.1. The van der Waals surface area contributed by atoms with Crippen molar-refractivity contribution >= 4 is 28.9 Å². The third-order valence-corrected chi connectivity index (χ3v) is 7.19. The van der Waals surface area contributed by atoms with Gasteiger partial charge in [-0.15, -0.1) is 0 Å². The van der Waals surface area contributed by atoms with E-state index in [-0.39, 0.29) is 17.4 Å². The van der Waals surface area contributed by atoms with Crippen molar-refractivity contribution in [1.29, 1.82) is 0 Å². The third-order valence-electron chi connectivity index (χ3n) is 7.19. The molecule has 11 heteroatoms. The number of aliphatic hydroxyl groups excluding tert-OH is 2. The van der Waals surface area contributed by atoms with E-state index in [4.69, 9.17) is 0 Å². The number of benzene rings is 2. The largest absolute Gasteiger partial charge is 0.475 e. The van der Waals surface area contributed by atoms with Crippen LogP contribution in [0.4, 0.5) is 5.82 Å². The SMILES string of the molecule is O=C(O)c1nc(NCC(c2ccccc2)c2ccccc2)c2ncn(C3(NC(=O)[C@@H](O)CO)CCCC3)c2n1. The first-order chi connectivity index (χ1) is 18.9. The summed E-state index contributed by atoms with van der Waals surface area (Å²) < 4.78 is 1.66. The smallest absolute Gasteiger partial charge is 0.374 e. The van der Waals surface area contributed by atoms with Gasteiger partial charge in [0.25, 0.3) is 5.91 Å². The maximum Gasteiger partial charge on any atom is 0.374 e. The van der Waals surface area contributed by atoms with E-state index >= 15 is 0 Å². The fourth-order valence-electron chi connectivity index (χ4n) is 5.21. The first kappa shape index (κ1) is 26.3. The van der Waals surface area contributed by atoms with E-state index in [1.165, 1.54) is 6.33 Å². The van der Waals surface area contributed by atoms with Gasteiger partial charge in [0.2, 0.25) is 5.82 Å². The number of fused-ring (bicyclic) bond motifs is 1. The Balaban J connectivity index is 1.54. The monoisotopic (exact) mass is 530 g/mol. The van der Waals surface area contributed by atoms with Crippen molar-refractivity contribution in [3.05, 3.63) is 83.9 Å². The number of nitrogens with one attached hydrogen (secondary N) is 2. The Labute approximate surface area is 224 Å². The Morgan fingerprint density at radius 3 is 2.15 bits per heavy atom. The van der Waals surface area contributed by atoms with E-state index in [1.54, 1.807) is 4.57 Å². The summed E-state index contributed by atoms with van der Waals surface area (Å²) in [5.41, 5.74) is 1.81. The average molecular weight is 531 g/mol. The Kier molecular flexibility index (Phi) is 7.53. The van der Waals surface area contributed by atoms with Gasteiger partial charge >= 0.3 is 5.97 Å². The predicted octanol–water partition coefficient (Wildman–Crippen LogP) is 2.46. The highest BCUT2D eigenvalue weighted by Gasteiger charge is 2.40. The molecule has 202 valence electrons. The van der Waals surface area contributed by atoms with E-state index in [1.807, 2.05) is 60.7 Å². The molecule has 0 spiro atoms. The zero-order valence-corrected chi connectivity index (χ0v) is 21.2. The molecule has 2 aromatic carbocycles. The van der Waals surface area contributed by atoms with E-state index in [0.717, 1.165) is 24.0 Å². The molecule has 11 nitrogen and oxygen atoms in total. The topological polar surface area (TPSA) is 162 Å². The molecule has 2 aromatic heterocycles. The first-order valence-corrected chi connectivity index (χ1v) is 12.9. The van der Waals surface area contributed by atoms with Crippen LogP contribution in [0.3, 0.4) is 0 Å². The van der Waals surface area contributed by atoms with E-state index in [2.05, 4.69) is 25.6 Å². The van der Waals surface area contributed by atoms with Crippen LogP contribution >= 0.6 is 0 Å². The lowest BCUT2D eigenvalue weighted by Gasteiger charge is -2.33. The van der Waals surface area contributed by atoms with Crippen molar-refractivity contribution < 1.29 is 24.9 Å². The third kappa shape index (κ3) is 5.31. The lowest BCUT2D eigenvalue weighted by Crippen LogP contribution is -2.52. The lowest BCUT2D eigenvalue weighted by atomic mass is 9.91. The molecule has 4 aromatic rings. The highest BCUT2D eigenvalue weighted by Crippen LogP contribution is 2.37. The van der Waals surface area contributed by atoms with Gasteiger partial charge in [0, 0.05) is 12.5 Å². The fourth-order valence-corrected chi connectivity index (χ4v) is 5.21. The fraction of sp³-hybridized carbons (Fsp3) is 0.321. The molecule has 1 fully saturated rings. The van der Waals surface area contributed by atoms with Gasteiger partial charge in [-0.05, 0) is 36.8 Å². The highest BCUT2D eigenvalue weighted by molar-refractivity contribution is 5.90. The average Bonchev–Trinajstić information content (AvgIpc) is 3.61. The first-order valence-electron chi connectivity index (χ1n) is 12.9. The van der Waals surface area contributed by atoms with Gasteiger partial charge < -0.3 is 26.0 Å². The number of carboxylic acids is 1. The molecule has 2 heterocycles. The lowest BCUT2D eigenvalue weighted by molar-refractivity contribution is -0.134. The number of anilines is 1.